The molecular formula is C66H62BN3O2. The van der Waals surface area contributed by atoms with Gasteiger partial charge < -0.3 is 23.5 Å². The minimum atomic E-state index is -0.165. The predicted molar refractivity (Wildman–Crippen MR) is 305 cm³/mol. The monoisotopic (exact) mass is 939 g/mol. The summed E-state index contributed by atoms with van der Waals surface area (Å²) in [7, 11) is 0. The molecule has 356 valence electrons. The van der Waals surface area contributed by atoms with Crippen molar-refractivity contribution in [1.29, 1.82) is 0 Å². The Labute approximate surface area is 424 Å². The molecule has 0 radical (unpaired) electrons. The first-order chi connectivity index (χ1) is 34.5. The van der Waals surface area contributed by atoms with Crippen molar-refractivity contribution in [3.63, 3.8) is 0 Å². The molecule has 0 saturated heterocycles. The lowest BCUT2D eigenvalue weighted by Gasteiger charge is -2.51. The highest BCUT2D eigenvalue weighted by Gasteiger charge is 2.59. The molecule has 2 aromatic heterocycles. The maximum absolute atomic E-state index is 6.73. The van der Waals surface area contributed by atoms with Gasteiger partial charge in [-0.3, -0.25) is 0 Å². The second-order valence-electron chi connectivity index (χ2n) is 24.2. The van der Waals surface area contributed by atoms with Crippen LogP contribution in [0.25, 0.3) is 43.9 Å². The fourth-order valence-electron chi connectivity index (χ4n) is 14.1. The van der Waals surface area contributed by atoms with Gasteiger partial charge in [0.05, 0.1) is 5.54 Å². The molecule has 72 heavy (non-hydrogen) atoms. The van der Waals surface area contributed by atoms with Gasteiger partial charge in [0, 0.05) is 78.5 Å². The number of fused-ring (bicyclic) bond motifs is 13. The molecule has 5 nitrogen and oxygen atoms in total. The molecule has 1 fully saturated rings. The van der Waals surface area contributed by atoms with E-state index in [0.717, 1.165) is 68.1 Å². The first-order valence-corrected chi connectivity index (χ1v) is 26.3. The number of rotatable bonds is 3. The summed E-state index contributed by atoms with van der Waals surface area (Å²) in [6.45, 7) is 23.8. The average Bonchev–Trinajstić information content (AvgIpc) is 3.97. The van der Waals surface area contributed by atoms with Gasteiger partial charge in [0.15, 0.2) is 0 Å². The molecule has 2 atom stereocenters. The van der Waals surface area contributed by atoms with E-state index in [2.05, 4.69) is 230 Å². The Kier molecular flexibility index (Phi) is 8.91. The minimum absolute atomic E-state index is 0.0322. The normalized spacial score (nSPS) is 19.3. The van der Waals surface area contributed by atoms with Gasteiger partial charge in [-0.15, -0.1) is 0 Å². The smallest absolute Gasteiger partial charge is 0.252 e. The standard InChI is InChI=1S/C66H62BN3O2/c1-39-31-40(2)61-54(32-39)70(66(10)30-16-15-29-65(61,66)9)45-36-55-62-56(37-45)69(44-23-25-48-46-17-11-13-19-57(46)72-60(48)38-44)53-34-42(64(6,7)8)22-27-51(53)67(62)50-26-21-41(63(3,4)5)33-52(50)68(55)43-24-28-59-49(35-43)47-18-12-14-20-58(47)71-59/h11-14,17-28,31-38H,15-16,29-30H2,1-10H3. The number of hydrogen-bond acceptors (Lipinski definition) is 5. The molecule has 0 spiro atoms. The van der Waals surface area contributed by atoms with Crippen LogP contribution >= 0.6 is 0 Å². The van der Waals surface area contributed by atoms with Gasteiger partial charge in [-0.25, -0.2) is 0 Å². The molecule has 5 heterocycles. The summed E-state index contributed by atoms with van der Waals surface area (Å²) in [5, 5.41) is 4.52. The Morgan fingerprint density at radius 2 is 1.01 bits per heavy atom. The van der Waals surface area contributed by atoms with Gasteiger partial charge in [-0.05, 0) is 161 Å². The fourth-order valence-corrected chi connectivity index (χ4v) is 14.1. The fraction of sp³-hybridized carbons (Fsp3) is 0.273. The molecule has 2 unspecified atom stereocenters. The van der Waals surface area contributed by atoms with Crippen LogP contribution in [-0.2, 0) is 16.2 Å². The third-order valence-electron chi connectivity index (χ3n) is 17.8. The predicted octanol–water partition coefficient (Wildman–Crippen LogP) is 16.5. The van der Waals surface area contributed by atoms with Crippen LogP contribution in [0, 0.1) is 13.8 Å². The van der Waals surface area contributed by atoms with E-state index in [1.807, 2.05) is 0 Å². The van der Waals surface area contributed by atoms with Crippen LogP contribution in [0.3, 0.4) is 0 Å². The lowest BCUT2D eigenvalue weighted by atomic mass is 9.33. The highest BCUT2D eigenvalue weighted by Crippen LogP contribution is 2.63. The van der Waals surface area contributed by atoms with Gasteiger partial charge in [-0.2, -0.15) is 0 Å². The number of anilines is 8. The topological polar surface area (TPSA) is 36.0 Å². The van der Waals surface area contributed by atoms with E-state index in [9.17, 15) is 0 Å². The van der Waals surface area contributed by atoms with Crippen LogP contribution in [0.2, 0.25) is 0 Å². The van der Waals surface area contributed by atoms with E-state index >= 15 is 0 Å². The van der Waals surface area contributed by atoms with Crippen LogP contribution in [0.15, 0.2) is 154 Å². The van der Waals surface area contributed by atoms with Crippen LogP contribution in [-0.4, -0.2) is 12.3 Å². The van der Waals surface area contributed by atoms with E-state index in [0.29, 0.717) is 0 Å². The average molecular weight is 940 g/mol. The van der Waals surface area contributed by atoms with Crippen LogP contribution in [0.4, 0.5) is 45.5 Å². The number of hydrogen-bond donors (Lipinski definition) is 0. The quantitative estimate of drug-likeness (QED) is 0.165. The van der Waals surface area contributed by atoms with Gasteiger partial charge in [0.1, 0.15) is 22.3 Å². The summed E-state index contributed by atoms with van der Waals surface area (Å²) in [6.07, 6.45) is 4.72. The number of benzene rings is 8. The Balaban J connectivity index is 1.13. The second-order valence-corrected chi connectivity index (χ2v) is 24.2. The lowest BCUT2D eigenvalue weighted by Crippen LogP contribution is -2.61. The molecule has 14 rings (SSSR count). The molecule has 4 aliphatic rings. The van der Waals surface area contributed by atoms with Crippen LogP contribution in [0.1, 0.15) is 109 Å². The zero-order chi connectivity index (χ0) is 49.4. The van der Waals surface area contributed by atoms with E-state index < -0.39 is 0 Å². The van der Waals surface area contributed by atoms with Crippen molar-refractivity contribution in [2.75, 3.05) is 14.7 Å². The van der Waals surface area contributed by atoms with E-state index in [1.165, 1.54) is 91.2 Å². The summed E-state index contributed by atoms with van der Waals surface area (Å²) < 4.78 is 13.2. The molecular weight excluding hydrogens is 878 g/mol. The Bertz CT molecular complexity index is 3960. The van der Waals surface area contributed by atoms with E-state index in [4.69, 9.17) is 8.83 Å². The molecule has 1 saturated carbocycles. The van der Waals surface area contributed by atoms with Gasteiger partial charge in [0.2, 0.25) is 0 Å². The van der Waals surface area contributed by atoms with Crippen LogP contribution < -0.4 is 31.1 Å². The van der Waals surface area contributed by atoms with Crippen molar-refractivity contribution < 1.29 is 8.83 Å². The van der Waals surface area contributed by atoms with Gasteiger partial charge in [0.25, 0.3) is 6.71 Å². The third kappa shape index (κ3) is 5.95. The summed E-state index contributed by atoms with van der Waals surface area (Å²) in [6, 6.07) is 55.4. The van der Waals surface area contributed by atoms with Gasteiger partial charge in [-0.1, -0.05) is 128 Å². The molecule has 10 aromatic rings. The second kappa shape index (κ2) is 14.7. The maximum atomic E-state index is 6.73. The van der Waals surface area contributed by atoms with Gasteiger partial charge >= 0.3 is 0 Å². The van der Waals surface area contributed by atoms with Crippen molar-refractivity contribution in [2.45, 2.75) is 117 Å². The zero-order valence-electron chi connectivity index (χ0n) is 43.4. The highest BCUT2D eigenvalue weighted by molar-refractivity contribution is 7.00. The lowest BCUT2D eigenvalue weighted by molar-refractivity contribution is 0.194. The van der Waals surface area contributed by atoms with E-state index in [-0.39, 0.29) is 28.5 Å². The third-order valence-corrected chi connectivity index (χ3v) is 17.8. The summed E-state index contributed by atoms with van der Waals surface area (Å²) in [5.41, 5.74) is 23.6. The number of furan rings is 2. The highest BCUT2D eigenvalue weighted by atomic mass is 16.3. The molecule has 0 amide bonds. The number of para-hydroxylation sites is 2. The number of aryl methyl sites for hydroxylation is 2. The molecule has 1 aliphatic carbocycles. The molecule has 0 bridgehead atoms. The van der Waals surface area contributed by atoms with Crippen molar-refractivity contribution in [3.8, 4) is 0 Å². The first-order valence-electron chi connectivity index (χ1n) is 26.3. The van der Waals surface area contributed by atoms with Crippen molar-refractivity contribution in [3.05, 3.63) is 173 Å². The largest absolute Gasteiger partial charge is 0.456 e. The SMILES string of the molecule is Cc1cc(C)c2c(c1)N(c1cc3c4c(c1)N(c1ccc5oc6ccccc6c5c1)c1cc(C(C)(C)C)ccc1B4c1ccc(C(C)(C)C)cc1N3c1ccc3c(c1)oc1ccccc13)C1(C)CCCCC21C. The Morgan fingerprint density at radius 1 is 0.472 bits per heavy atom. The van der Waals surface area contributed by atoms with Crippen molar-refractivity contribution in [2.24, 2.45) is 0 Å². The summed E-state index contributed by atoms with van der Waals surface area (Å²) in [5.74, 6) is 0. The summed E-state index contributed by atoms with van der Waals surface area (Å²) >= 11 is 0. The number of nitrogens with zero attached hydrogens (tertiary/aromatic N) is 3. The van der Waals surface area contributed by atoms with E-state index in [1.54, 1.807) is 0 Å². The first kappa shape index (κ1) is 43.6. The maximum Gasteiger partial charge on any atom is 0.252 e. The van der Waals surface area contributed by atoms with Crippen molar-refractivity contribution >= 4 is 112 Å². The molecule has 8 aromatic carbocycles. The van der Waals surface area contributed by atoms with Crippen LogP contribution in [0.5, 0.6) is 0 Å². The molecule has 3 aliphatic heterocycles. The van der Waals surface area contributed by atoms with Crippen molar-refractivity contribution in [1.82, 2.24) is 0 Å². The Hall–Kier alpha value is -7.18. The molecule has 0 N–H and O–H groups in total. The summed E-state index contributed by atoms with van der Waals surface area (Å²) in [4.78, 5) is 8.01. The molecule has 6 heteroatoms. The minimum Gasteiger partial charge on any atom is -0.456 e. The zero-order valence-corrected chi connectivity index (χ0v) is 43.4. The Morgan fingerprint density at radius 3 is 1.65 bits per heavy atom.